The van der Waals surface area contributed by atoms with Crippen molar-refractivity contribution in [2.45, 2.75) is 57.4 Å². The van der Waals surface area contributed by atoms with Crippen molar-refractivity contribution in [3.8, 4) is 0 Å². The van der Waals surface area contributed by atoms with E-state index in [0.29, 0.717) is 18.2 Å². The van der Waals surface area contributed by atoms with Crippen LogP contribution < -0.4 is 0 Å². The Balaban J connectivity index is 0.00000300. The predicted octanol–water partition coefficient (Wildman–Crippen LogP) is 5.92. The van der Waals surface area contributed by atoms with Crippen LogP contribution in [0.15, 0.2) is 60.7 Å². The van der Waals surface area contributed by atoms with Gasteiger partial charge < -0.3 is 9.64 Å². The number of rotatable bonds is 10. The number of likely N-dealkylation sites (tertiary alicyclic amines) is 1. The highest BCUT2D eigenvalue weighted by Gasteiger charge is 2.21. The summed E-state index contributed by atoms with van der Waals surface area (Å²) in [5, 5.41) is 0. The number of hydrogen-bond donors (Lipinski definition) is 0. The molecule has 0 aromatic heterocycles. The SMILES string of the molecule is Cl.O=C(OCCCN1CCCCC1CCCCc1ccccc1)c1ccccc1. The van der Waals surface area contributed by atoms with Crippen molar-refractivity contribution in [3.05, 3.63) is 71.8 Å². The van der Waals surface area contributed by atoms with Crippen LogP contribution in [0.2, 0.25) is 0 Å². The maximum atomic E-state index is 12.0. The van der Waals surface area contributed by atoms with Crippen molar-refractivity contribution < 1.29 is 9.53 Å². The van der Waals surface area contributed by atoms with Gasteiger partial charge in [0.25, 0.3) is 0 Å². The predicted molar refractivity (Wildman–Crippen MR) is 122 cm³/mol. The molecule has 1 unspecified atom stereocenters. The third-order valence-corrected chi connectivity index (χ3v) is 5.68. The van der Waals surface area contributed by atoms with Crippen molar-refractivity contribution in [3.63, 3.8) is 0 Å². The fourth-order valence-corrected chi connectivity index (χ4v) is 4.13. The molecule has 4 heteroatoms. The van der Waals surface area contributed by atoms with E-state index >= 15 is 0 Å². The van der Waals surface area contributed by atoms with Gasteiger partial charge in [-0.1, -0.05) is 61.4 Å². The zero-order valence-electron chi connectivity index (χ0n) is 17.3. The van der Waals surface area contributed by atoms with Crippen molar-refractivity contribution in [2.24, 2.45) is 0 Å². The average Bonchev–Trinajstić information content (AvgIpc) is 2.76. The van der Waals surface area contributed by atoms with Crippen molar-refractivity contribution in [2.75, 3.05) is 19.7 Å². The van der Waals surface area contributed by atoms with Gasteiger partial charge in [-0.25, -0.2) is 4.79 Å². The first kappa shape index (κ1) is 23.4. The zero-order chi connectivity index (χ0) is 19.4. The highest BCUT2D eigenvalue weighted by molar-refractivity contribution is 5.89. The first-order valence-electron chi connectivity index (χ1n) is 10.8. The van der Waals surface area contributed by atoms with Crippen LogP contribution in [0, 0.1) is 0 Å². The standard InChI is InChI=1S/C25H33NO2.ClH/c27-25(23-15-5-2-6-16-23)28-21-11-20-26-19-10-9-18-24(26)17-8-7-14-22-12-3-1-4-13-22;/h1-6,12-13,15-16,24H,7-11,14,17-21H2;1H. The molecule has 3 nitrogen and oxygen atoms in total. The summed E-state index contributed by atoms with van der Waals surface area (Å²) in [6.07, 6.45) is 9.91. The lowest BCUT2D eigenvalue weighted by atomic mass is 9.96. The molecule has 2 aromatic rings. The zero-order valence-corrected chi connectivity index (χ0v) is 18.1. The molecule has 1 atom stereocenters. The molecule has 0 N–H and O–H groups in total. The minimum absolute atomic E-state index is 0. The van der Waals surface area contributed by atoms with Crippen LogP contribution >= 0.6 is 12.4 Å². The molecule has 2 aromatic carbocycles. The van der Waals surface area contributed by atoms with Crippen LogP contribution in [0.5, 0.6) is 0 Å². The molecule has 0 aliphatic carbocycles. The minimum atomic E-state index is -0.211. The van der Waals surface area contributed by atoms with E-state index in [1.807, 2.05) is 18.2 Å². The first-order chi connectivity index (χ1) is 13.8. The lowest BCUT2D eigenvalue weighted by molar-refractivity contribution is 0.0470. The molecular weight excluding hydrogens is 382 g/mol. The molecule has 1 heterocycles. The Labute approximate surface area is 181 Å². The average molecular weight is 416 g/mol. The van der Waals surface area contributed by atoms with E-state index in [1.54, 1.807) is 12.1 Å². The number of carbonyl (C=O) groups is 1. The molecule has 29 heavy (non-hydrogen) atoms. The molecule has 1 fully saturated rings. The van der Waals surface area contributed by atoms with Gasteiger partial charge in [0.05, 0.1) is 12.2 Å². The first-order valence-corrected chi connectivity index (χ1v) is 10.8. The Hall–Kier alpha value is -1.84. The Bertz CT molecular complexity index is 692. The normalized spacial score (nSPS) is 16.8. The van der Waals surface area contributed by atoms with Crippen LogP contribution in [-0.4, -0.2) is 36.6 Å². The van der Waals surface area contributed by atoms with E-state index in [1.165, 1.54) is 57.1 Å². The third kappa shape index (κ3) is 8.20. The van der Waals surface area contributed by atoms with E-state index in [4.69, 9.17) is 4.74 Å². The summed E-state index contributed by atoms with van der Waals surface area (Å²) in [6.45, 7) is 2.73. The van der Waals surface area contributed by atoms with Crippen LogP contribution in [-0.2, 0) is 11.2 Å². The quantitative estimate of drug-likeness (QED) is 0.356. The molecule has 1 aliphatic rings. The lowest BCUT2D eigenvalue weighted by Gasteiger charge is -2.36. The maximum Gasteiger partial charge on any atom is 0.338 e. The van der Waals surface area contributed by atoms with Gasteiger partial charge in [-0.05, 0) is 62.8 Å². The van der Waals surface area contributed by atoms with Crippen molar-refractivity contribution in [1.82, 2.24) is 4.90 Å². The van der Waals surface area contributed by atoms with E-state index in [2.05, 4.69) is 35.2 Å². The van der Waals surface area contributed by atoms with Crippen molar-refractivity contribution in [1.29, 1.82) is 0 Å². The second-order valence-electron chi connectivity index (χ2n) is 7.77. The van der Waals surface area contributed by atoms with Gasteiger partial charge in [0.1, 0.15) is 0 Å². The van der Waals surface area contributed by atoms with Gasteiger partial charge in [0.2, 0.25) is 0 Å². The summed E-state index contributed by atoms with van der Waals surface area (Å²) in [6, 6.07) is 20.7. The second kappa shape index (κ2) is 13.4. The molecule has 0 saturated carbocycles. The summed E-state index contributed by atoms with van der Waals surface area (Å²) in [5.74, 6) is -0.211. The molecule has 1 saturated heterocycles. The maximum absolute atomic E-state index is 12.0. The molecule has 3 rings (SSSR count). The van der Waals surface area contributed by atoms with Crippen LogP contribution in [0.4, 0.5) is 0 Å². The van der Waals surface area contributed by atoms with Crippen LogP contribution in [0.25, 0.3) is 0 Å². The number of halogens is 1. The number of nitrogens with zero attached hydrogens (tertiary/aromatic N) is 1. The van der Waals surface area contributed by atoms with Gasteiger partial charge in [-0.15, -0.1) is 12.4 Å². The largest absolute Gasteiger partial charge is 0.462 e. The summed E-state index contributed by atoms with van der Waals surface area (Å²) in [4.78, 5) is 14.6. The Morgan fingerprint density at radius 3 is 2.41 bits per heavy atom. The van der Waals surface area contributed by atoms with Gasteiger partial charge in [0.15, 0.2) is 0 Å². The summed E-state index contributed by atoms with van der Waals surface area (Å²) in [7, 11) is 0. The second-order valence-corrected chi connectivity index (χ2v) is 7.77. The number of piperidine rings is 1. The van der Waals surface area contributed by atoms with Gasteiger partial charge in [-0.3, -0.25) is 0 Å². The molecule has 0 amide bonds. The van der Waals surface area contributed by atoms with E-state index in [0.717, 1.165) is 13.0 Å². The highest BCUT2D eigenvalue weighted by atomic mass is 35.5. The topological polar surface area (TPSA) is 29.5 Å². The lowest BCUT2D eigenvalue weighted by Crippen LogP contribution is -2.40. The van der Waals surface area contributed by atoms with E-state index < -0.39 is 0 Å². The van der Waals surface area contributed by atoms with Gasteiger partial charge in [-0.2, -0.15) is 0 Å². The Kier molecular flexibility index (Phi) is 10.8. The van der Waals surface area contributed by atoms with Crippen LogP contribution in [0.1, 0.15) is 60.9 Å². The highest BCUT2D eigenvalue weighted by Crippen LogP contribution is 2.22. The fraction of sp³-hybridized carbons (Fsp3) is 0.480. The minimum Gasteiger partial charge on any atom is -0.462 e. The number of carbonyl (C=O) groups excluding carboxylic acids is 1. The monoisotopic (exact) mass is 415 g/mol. The summed E-state index contributed by atoms with van der Waals surface area (Å²) in [5.41, 5.74) is 2.08. The molecular formula is C25H34ClNO2. The van der Waals surface area contributed by atoms with Gasteiger partial charge >= 0.3 is 5.97 Å². The van der Waals surface area contributed by atoms with E-state index in [-0.39, 0.29) is 18.4 Å². The van der Waals surface area contributed by atoms with Crippen molar-refractivity contribution >= 4 is 18.4 Å². The number of unbranched alkanes of at least 4 members (excludes halogenated alkanes) is 1. The Morgan fingerprint density at radius 1 is 0.931 bits per heavy atom. The van der Waals surface area contributed by atoms with Crippen LogP contribution in [0.3, 0.4) is 0 Å². The van der Waals surface area contributed by atoms with E-state index in [9.17, 15) is 4.79 Å². The molecule has 0 bridgehead atoms. The molecule has 1 aliphatic heterocycles. The number of esters is 1. The molecule has 0 radical (unpaired) electrons. The number of ether oxygens (including phenoxy) is 1. The third-order valence-electron chi connectivity index (χ3n) is 5.68. The molecule has 0 spiro atoms. The number of hydrogen-bond acceptors (Lipinski definition) is 3. The fourth-order valence-electron chi connectivity index (χ4n) is 4.13. The Morgan fingerprint density at radius 2 is 1.66 bits per heavy atom. The summed E-state index contributed by atoms with van der Waals surface area (Å²) >= 11 is 0. The molecule has 158 valence electrons. The smallest absolute Gasteiger partial charge is 0.338 e. The number of aryl methyl sites for hydroxylation is 1. The van der Waals surface area contributed by atoms with Gasteiger partial charge in [0, 0.05) is 12.6 Å². The number of benzene rings is 2. The summed E-state index contributed by atoms with van der Waals surface area (Å²) < 4.78 is 5.44.